The number of nitrogens with zero attached hydrogens (tertiary/aromatic N) is 3. The van der Waals surface area contributed by atoms with Crippen molar-refractivity contribution < 1.29 is 47.7 Å². The lowest BCUT2D eigenvalue weighted by Crippen LogP contribution is -2.61. The maximum atomic E-state index is 12.1. The van der Waals surface area contributed by atoms with Crippen LogP contribution in [0.25, 0.3) is 10.4 Å². The Bertz CT molecular complexity index is 836. The van der Waals surface area contributed by atoms with Crippen molar-refractivity contribution in [1.29, 1.82) is 0 Å². The second kappa shape index (κ2) is 12.2. The largest absolute Gasteiger partial charge is 0.477 e. The van der Waals surface area contributed by atoms with Gasteiger partial charge in [0.05, 0.1) is 19.2 Å². The SMILES string of the molecule is COC(=O)C1=C[C@H](N=[N+]=[N-])[C@@H](NC(C)=O)[C@@H]([C@@H](OC(C)=O)[C@@H](COC(C)=O)OC(C)=O)O1. The summed E-state index contributed by atoms with van der Waals surface area (Å²) in [5.74, 6) is -4.27. The van der Waals surface area contributed by atoms with Crippen LogP contribution in [0.1, 0.15) is 27.7 Å². The van der Waals surface area contributed by atoms with Crippen LogP contribution in [0.5, 0.6) is 0 Å². The quantitative estimate of drug-likeness (QED) is 0.163. The molecule has 5 atom stereocenters. The van der Waals surface area contributed by atoms with Gasteiger partial charge in [0, 0.05) is 32.6 Å². The highest BCUT2D eigenvalue weighted by molar-refractivity contribution is 5.86. The number of amides is 1. The molecule has 32 heavy (non-hydrogen) atoms. The summed E-state index contributed by atoms with van der Waals surface area (Å²) in [6.07, 6.45) is -3.19. The normalized spacial score (nSPS) is 21.3. The summed E-state index contributed by atoms with van der Waals surface area (Å²) in [7, 11) is 1.08. The number of carbonyl (C=O) groups is 5. The van der Waals surface area contributed by atoms with Gasteiger partial charge in [0.15, 0.2) is 18.3 Å². The monoisotopic (exact) mass is 456 g/mol. The maximum Gasteiger partial charge on any atom is 0.372 e. The van der Waals surface area contributed by atoms with Crippen LogP contribution in [0.15, 0.2) is 16.9 Å². The Labute approximate surface area is 182 Å². The van der Waals surface area contributed by atoms with E-state index in [1.807, 2.05) is 0 Å². The molecule has 1 amide bonds. The molecule has 0 spiro atoms. The van der Waals surface area contributed by atoms with Crippen LogP contribution < -0.4 is 5.32 Å². The molecule has 1 aliphatic heterocycles. The van der Waals surface area contributed by atoms with Gasteiger partial charge < -0.3 is 29.0 Å². The van der Waals surface area contributed by atoms with E-state index in [1.165, 1.54) is 6.92 Å². The molecule has 1 N–H and O–H groups in total. The third kappa shape index (κ3) is 7.80. The molecule has 0 saturated carbocycles. The fourth-order valence-electron chi connectivity index (χ4n) is 2.92. The minimum absolute atomic E-state index is 0.400. The van der Waals surface area contributed by atoms with E-state index < -0.39 is 72.5 Å². The highest BCUT2D eigenvalue weighted by atomic mass is 16.6. The Morgan fingerprint density at radius 2 is 1.75 bits per heavy atom. The van der Waals surface area contributed by atoms with Crippen molar-refractivity contribution in [3.8, 4) is 0 Å². The second-order valence-corrected chi connectivity index (χ2v) is 6.55. The summed E-state index contributed by atoms with van der Waals surface area (Å²) in [5, 5.41) is 6.07. The Morgan fingerprint density at radius 1 is 1.12 bits per heavy atom. The Kier molecular flexibility index (Phi) is 9.96. The molecule has 1 aliphatic rings. The lowest BCUT2D eigenvalue weighted by atomic mass is 9.92. The number of esters is 4. The van der Waals surface area contributed by atoms with Crippen molar-refractivity contribution in [3.05, 3.63) is 22.3 Å². The molecule has 0 aliphatic carbocycles. The summed E-state index contributed by atoms with van der Waals surface area (Å²) in [5.41, 5.74) is 8.94. The highest BCUT2D eigenvalue weighted by Gasteiger charge is 2.47. The Balaban J connectivity index is 3.57. The molecular formula is C18H24N4O10. The number of azide groups is 1. The first-order valence-electron chi connectivity index (χ1n) is 9.26. The summed E-state index contributed by atoms with van der Waals surface area (Å²) in [6.45, 7) is 3.87. The average Bonchev–Trinajstić information content (AvgIpc) is 2.69. The number of hydrogen-bond acceptors (Lipinski definition) is 11. The van der Waals surface area contributed by atoms with Gasteiger partial charge in [-0.15, -0.1) is 0 Å². The summed E-state index contributed by atoms with van der Waals surface area (Å²) in [4.78, 5) is 61.4. The van der Waals surface area contributed by atoms with Gasteiger partial charge in [0.2, 0.25) is 11.7 Å². The van der Waals surface area contributed by atoms with Gasteiger partial charge in [-0.3, -0.25) is 19.2 Å². The van der Waals surface area contributed by atoms with Crippen LogP contribution in [0.2, 0.25) is 0 Å². The zero-order valence-corrected chi connectivity index (χ0v) is 18.1. The first-order valence-corrected chi connectivity index (χ1v) is 9.26. The van der Waals surface area contributed by atoms with Crippen molar-refractivity contribution in [2.75, 3.05) is 13.7 Å². The maximum absolute atomic E-state index is 12.1. The topological polar surface area (TPSA) is 192 Å². The van der Waals surface area contributed by atoms with Crippen molar-refractivity contribution in [1.82, 2.24) is 5.32 Å². The van der Waals surface area contributed by atoms with E-state index in [9.17, 15) is 24.0 Å². The smallest absolute Gasteiger partial charge is 0.372 e. The van der Waals surface area contributed by atoms with Crippen LogP contribution in [-0.2, 0) is 47.7 Å². The van der Waals surface area contributed by atoms with Crippen LogP contribution >= 0.6 is 0 Å². The molecule has 176 valence electrons. The van der Waals surface area contributed by atoms with E-state index >= 15 is 0 Å². The predicted octanol–water partition coefficient (Wildman–Crippen LogP) is 0.0522. The highest BCUT2D eigenvalue weighted by Crippen LogP contribution is 2.28. The second-order valence-electron chi connectivity index (χ2n) is 6.55. The predicted molar refractivity (Wildman–Crippen MR) is 103 cm³/mol. The molecule has 0 radical (unpaired) electrons. The van der Waals surface area contributed by atoms with E-state index in [0.717, 1.165) is 34.0 Å². The molecule has 0 bridgehead atoms. The minimum Gasteiger partial charge on any atom is -0.477 e. The average molecular weight is 456 g/mol. The molecule has 0 aromatic carbocycles. The van der Waals surface area contributed by atoms with E-state index in [-0.39, 0.29) is 0 Å². The number of ether oxygens (including phenoxy) is 5. The summed E-state index contributed by atoms with van der Waals surface area (Å²) in [6, 6.07) is -2.35. The van der Waals surface area contributed by atoms with E-state index in [2.05, 4.69) is 20.1 Å². The van der Waals surface area contributed by atoms with Gasteiger partial charge in [0.25, 0.3) is 0 Å². The lowest BCUT2D eigenvalue weighted by Gasteiger charge is -2.40. The summed E-state index contributed by atoms with van der Waals surface area (Å²) < 4.78 is 25.6. The number of hydrogen-bond donors (Lipinski definition) is 1. The number of nitrogens with one attached hydrogen (secondary N) is 1. The third-order valence-electron chi connectivity index (χ3n) is 4.01. The molecule has 14 nitrogen and oxygen atoms in total. The third-order valence-corrected chi connectivity index (χ3v) is 4.01. The van der Waals surface area contributed by atoms with Crippen molar-refractivity contribution in [3.63, 3.8) is 0 Å². The molecule has 1 heterocycles. The van der Waals surface area contributed by atoms with Gasteiger partial charge in [-0.2, -0.15) is 0 Å². The molecular weight excluding hydrogens is 432 g/mol. The van der Waals surface area contributed by atoms with Crippen molar-refractivity contribution in [2.45, 2.75) is 58.1 Å². The van der Waals surface area contributed by atoms with Gasteiger partial charge in [0.1, 0.15) is 6.61 Å². The fourth-order valence-corrected chi connectivity index (χ4v) is 2.92. The van der Waals surface area contributed by atoms with Crippen molar-refractivity contribution in [2.24, 2.45) is 5.11 Å². The molecule has 0 aromatic heterocycles. The van der Waals surface area contributed by atoms with Gasteiger partial charge >= 0.3 is 23.9 Å². The number of rotatable bonds is 9. The molecule has 14 heteroatoms. The van der Waals surface area contributed by atoms with Crippen LogP contribution in [0.4, 0.5) is 0 Å². The van der Waals surface area contributed by atoms with Crippen LogP contribution in [-0.4, -0.2) is 73.9 Å². The van der Waals surface area contributed by atoms with Gasteiger partial charge in [-0.25, -0.2) is 4.79 Å². The Hall–Kier alpha value is -3.80. The number of carbonyl (C=O) groups excluding carboxylic acids is 5. The molecule has 0 unspecified atom stereocenters. The van der Waals surface area contributed by atoms with E-state index in [0.29, 0.717) is 0 Å². The van der Waals surface area contributed by atoms with Crippen molar-refractivity contribution >= 4 is 29.8 Å². The van der Waals surface area contributed by atoms with Gasteiger partial charge in [-0.1, -0.05) is 5.11 Å². The molecule has 1 rings (SSSR count). The fraction of sp³-hybridized carbons (Fsp3) is 0.611. The van der Waals surface area contributed by atoms with E-state index in [4.69, 9.17) is 24.5 Å². The zero-order chi connectivity index (χ0) is 24.4. The minimum atomic E-state index is -1.50. The summed E-state index contributed by atoms with van der Waals surface area (Å²) >= 11 is 0. The first-order chi connectivity index (χ1) is 15.0. The lowest BCUT2D eigenvalue weighted by molar-refractivity contribution is -0.187. The molecule has 0 saturated heterocycles. The van der Waals surface area contributed by atoms with Gasteiger partial charge in [-0.05, 0) is 11.6 Å². The Morgan fingerprint density at radius 3 is 2.22 bits per heavy atom. The van der Waals surface area contributed by atoms with Crippen LogP contribution in [0.3, 0.4) is 0 Å². The van der Waals surface area contributed by atoms with Crippen LogP contribution in [0, 0.1) is 0 Å². The zero-order valence-electron chi connectivity index (χ0n) is 18.1. The first kappa shape index (κ1) is 26.2. The molecule has 0 aromatic rings. The standard InChI is InChI=1S/C18H24N4O10/c1-8(23)20-15-12(21-22-19)6-13(18(27)28-5)32-17(15)16(31-11(4)26)14(30-10(3)25)7-29-9(2)24/h6,12,14-17H,7H2,1-5H3,(H,20,23)/t12-,14+,15+,16-,17-/m0/s1. The molecule has 0 fully saturated rings. The number of methoxy groups -OCH3 is 1. The van der Waals surface area contributed by atoms with E-state index in [1.54, 1.807) is 0 Å².